The Balaban J connectivity index is 2.93. The molecular weight excluding hydrogens is 240 g/mol. The number of hydrogen-bond donors (Lipinski definition) is 2. The third-order valence-corrected chi connectivity index (χ3v) is 3.24. The van der Waals surface area contributed by atoms with Gasteiger partial charge >= 0.3 is 0 Å². The van der Waals surface area contributed by atoms with Crippen LogP contribution < -0.4 is 15.2 Å². The van der Waals surface area contributed by atoms with Gasteiger partial charge in [0.15, 0.2) is 0 Å². The Morgan fingerprint density at radius 1 is 1.41 bits per heavy atom. The molecule has 0 fully saturated rings. The number of sulfonamides is 1. The minimum Gasteiger partial charge on any atom is -0.495 e. The van der Waals surface area contributed by atoms with Gasteiger partial charge in [-0.05, 0) is 30.7 Å². The molecule has 0 bridgehead atoms. The van der Waals surface area contributed by atoms with Crippen LogP contribution >= 0.6 is 0 Å². The van der Waals surface area contributed by atoms with E-state index in [0.29, 0.717) is 6.54 Å². The zero-order chi connectivity index (χ0) is 12.9. The van der Waals surface area contributed by atoms with Crippen molar-refractivity contribution in [1.29, 1.82) is 0 Å². The molecule has 1 rings (SSSR count). The van der Waals surface area contributed by atoms with Crippen molar-refractivity contribution in [3.63, 3.8) is 0 Å². The number of primary sulfonamides is 1. The van der Waals surface area contributed by atoms with E-state index in [2.05, 4.69) is 12.2 Å². The molecule has 0 radical (unpaired) electrons. The number of nitrogens with one attached hydrogen (secondary N) is 1. The van der Waals surface area contributed by atoms with Gasteiger partial charge in [-0.1, -0.05) is 13.0 Å². The summed E-state index contributed by atoms with van der Waals surface area (Å²) in [6, 6.07) is 4.88. The molecule has 0 aromatic heterocycles. The molecule has 0 saturated carbocycles. The SMILES string of the molecule is CCCNCc1ccc(S(N)(=O)=O)c(OC)c1. The molecule has 0 aliphatic heterocycles. The van der Waals surface area contributed by atoms with Crippen molar-refractivity contribution in [1.82, 2.24) is 5.32 Å². The minimum atomic E-state index is -3.73. The molecule has 1 aromatic carbocycles. The predicted molar refractivity (Wildman–Crippen MR) is 66.4 cm³/mol. The Hall–Kier alpha value is -1.11. The zero-order valence-electron chi connectivity index (χ0n) is 10.1. The van der Waals surface area contributed by atoms with Crippen molar-refractivity contribution in [3.8, 4) is 5.75 Å². The van der Waals surface area contributed by atoms with Gasteiger partial charge in [0, 0.05) is 6.54 Å². The fourth-order valence-corrected chi connectivity index (χ4v) is 2.15. The van der Waals surface area contributed by atoms with Crippen molar-refractivity contribution in [2.75, 3.05) is 13.7 Å². The molecule has 0 spiro atoms. The molecule has 0 aliphatic carbocycles. The number of hydrogen-bond acceptors (Lipinski definition) is 4. The van der Waals surface area contributed by atoms with E-state index >= 15 is 0 Å². The number of nitrogens with two attached hydrogens (primary N) is 1. The normalized spacial score (nSPS) is 11.5. The Morgan fingerprint density at radius 2 is 2.12 bits per heavy atom. The van der Waals surface area contributed by atoms with Crippen LogP contribution in [0.4, 0.5) is 0 Å². The molecule has 17 heavy (non-hydrogen) atoms. The van der Waals surface area contributed by atoms with Crippen molar-refractivity contribution in [3.05, 3.63) is 23.8 Å². The van der Waals surface area contributed by atoms with Crippen LogP contribution in [-0.2, 0) is 16.6 Å². The van der Waals surface area contributed by atoms with Gasteiger partial charge in [0.05, 0.1) is 7.11 Å². The van der Waals surface area contributed by atoms with E-state index in [1.807, 2.05) is 0 Å². The molecule has 0 aliphatic rings. The summed E-state index contributed by atoms with van der Waals surface area (Å²) in [6.07, 6.45) is 1.05. The smallest absolute Gasteiger partial charge is 0.241 e. The van der Waals surface area contributed by atoms with Gasteiger partial charge in [0.2, 0.25) is 10.0 Å². The largest absolute Gasteiger partial charge is 0.495 e. The second-order valence-electron chi connectivity index (χ2n) is 3.71. The average molecular weight is 258 g/mol. The molecule has 1 aromatic rings. The summed E-state index contributed by atoms with van der Waals surface area (Å²) in [5, 5.41) is 8.31. The lowest BCUT2D eigenvalue weighted by Gasteiger charge is -2.09. The van der Waals surface area contributed by atoms with Crippen LogP contribution in [0.15, 0.2) is 23.1 Å². The summed E-state index contributed by atoms with van der Waals surface area (Å²) in [5.41, 5.74) is 0.961. The molecule has 0 atom stereocenters. The highest BCUT2D eigenvalue weighted by molar-refractivity contribution is 7.89. The molecular formula is C11H18N2O3S. The first kappa shape index (κ1) is 14.0. The van der Waals surface area contributed by atoms with E-state index in [1.165, 1.54) is 13.2 Å². The summed E-state index contributed by atoms with van der Waals surface area (Å²) in [7, 11) is -2.31. The molecule has 6 heteroatoms. The zero-order valence-corrected chi connectivity index (χ0v) is 10.9. The maximum absolute atomic E-state index is 11.3. The van der Waals surface area contributed by atoms with E-state index in [4.69, 9.17) is 9.88 Å². The first-order valence-electron chi connectivity index (χ1n) is 5.39. The Bertz CT molecular complexity index is 472. The molecule has 96 valence electrons. The number of rotatable bonds is 6. The number of ether oxygens (including phenoxy) is 1. The van der Waals surface area contributed by atoms with Crippen LogP contribution in [0.1, 0.15) is 18.9 Å². The third-order valence-electron chi connectivity index (χ3n) is 2.29. The van der Waals surface area contributed by atoms with Crippen LogP contribution in [0.2, 0.25) is 0 Å². The summed E-state index contributed by atoms with van der Waals surface area (Å²) in [4.78, 5) is 0.0132. The highest BCUT2D eigenvalue weighted by atomic mass is 32.2. The van der Waals surface area contributed by atoms with Crippen LogP contribution in [0.3, 0.4) is 0 Å². The lowest BCUT2D eigenvalue weighted by Crippen LogP contribution is -2.16. The average Bonchev–Trinajstić information content (AvgIpc) is 2.28. The van der Waals surface area contributed by atoms with Crippen molar-refractivity contribution >= 4 is 10.0 Å². The Kier molecular flexibility index (Phi) is 4.92. The quantitative estimate of drug-likeness (QED) is 0.741. The van der Waals surface area contributed by atoms with Gasteiger partial charge in [0.25, 0.3) is 0 Å². The Labute approximate surface area is 102 Å². The first-order valence-corrected chi connectivity index (χ1v) is 6.94. The summed E-state index contributed by atoms with van der Waals surface area (Å²) in [6.45, 7) is 3.67. The van der Waals surface area contributed by atoms with Gasteiger partial charge in [0.1, 0.15) is 10.6 Å². The lowest BCUT2D eigenvalue weighted by molar-refractivity contribution is 0.402. The van der Waals surface area contributed by atoms with Crippen molar-refractivity contribution < 1.29 is 13.2 Å². The van der Waals surface area contributed by atoms with Crippen LogP contribution in [-0.4, -0.2) is 22.1 Å². The highest BCUT2D eigenvalue weighted by Gasteiger charge is 2.14. The van der Waals surface area contributed by atoms with Crippen LogP contribution in [0, 0.1) is 0 Å². The fourth-order valence-electron chi connectivity index (χ4n) is 1.47. The molecule has 5 nitrogen and oxygen atoms in total. The summed E-state index contributed by atoms with van der Waals surface area (Å²) < 4.78 is 27.6. The Morgan fingerprint density at radius 3 is 2.65 bits per heavy atom. The maximum Gasteiger partial charge on any atom is 0.241 e. The summed E-state index contributed by atoms with van der Waals surface area (Å²) in [5.74, 6) is 0.281. The van der Waals surface area contributed by atoms with Crippen LogP contribution in [0.25, 0.3) is 0 Å². The minimum absolute atomic E-state index is 0.0132. The monoisotopic (exact) mass is 258 g/mol. The van der Waals surface area contributed by atoms with Crippen molar-refractivity contribution in [2.45, 2.75) is 24.8 Å². The molecule has 0 unspecified atom stereocenters. The predicted octanol–water partition coefficient (Wildman–Crippen LogP) is 0.842. The molecule has 0 saturated heterocycles. The fraction of sp³-hybridized carbons (Fsp3) is 0.455. The highest BCUT2D eigenvalue weighted by Crippen LogP contribution is 2.23. The molecule has 3 N–H and O–H groups in total. The second kappa shape index (κ2) is 6.00. The van der Waals surface area contributed by atoms with E-state index < -0.39 is 10.0 Å². The van der Waals surface area contributed by atoms with Crippen molar-refractivity contribution in [2.24, 2.45) is 5.14 Å². The molecule has 0 heterocycles. The third kappa shape index (κ3) is 3.99. The lowest BCUT2D eigenvalue weighted by atomic mass is 10.2. The summed E-state index contributed by atoms with van der Waals surface area (Å²) >= 11 is 0. The second-order valence-corrected chi connectivity index (χ2v) is 5.24. The van der Waals surface area contributed by atoms with Gasteiger partial charge in [-0.25, -0.2) is 13.6 Å². The standard InChI is InChI=1S/C11H18N2O3S/c1-3-6-13-8-9-4-5-11(17(12,14)15)10(7-9)16-2/h4-5,7,13H,3,6,8H2,1-2H3,(H2,12,14,15). The van der Waals surface area contributed by atoms with E-state index in [-0.39, 0.29) is 10.6 Å². The van der Waals surface area contributed by atoms with Gasteiger partial charge < -0.3 is 10.1 Å². The van der Waals surface area contributed by atoms with E-state index in [1.54, 1.807) is 12.1 Å². The van der Waals surface area contributed by atoms with Gasteiger partial charge in [-0.3, -0.25) is 0 Å². The molecule has 0 amide bonds. The van der Waals surface area contributed by atoms with E-state index in [0.717, 1.165) is 18.5 Å². The first-order chi connectivity index (χ1) is 7.99. The number of benzene rings is 1. The van der Waals surface area contributed by atoms with Gasteiger partial charge in [-0.15, -0.1) is 0 Å². The van der Waals surface area contributed by atoms with E-state index in [9.17, 15) is 8.42 Å². The number of methoxy groups -OCH3 is 1. The van der Waals surface area contributed by atoms with Gasteiger partial charge in [-0.2, -0.15) is 0 Å². The topological polar surface area (TPSA) is 81.4 Å². The van der Waals surface area contributed by atoms with Crippen LogP contribution in [0.5, 0.6) is 5.75 Å². The maximum atomic E-state index is 11.3.